The number of pyridine rings is 1. The molecule has 0 aliphatic carbocycles. The molecule has 0 aliphatic heterocycles. The normalized spacial score (nSPS) is 10.1. The van der Waals surface area contributed by atoms with E-state index >= 15 is 0 Å². The Labute approximate surface area is 77.0 Å². The third kappa shape index (κ3) is 1.69. The van der Waals surface area contributed by atoms with Crippen LogP contribution in [0, 0.1) is 6.92 Å². The van der Waals surface area contributed by atoms with Gasteiger partial charge in [-0.15, -0.1) is 0 Å². The van der Waals surface area contributed by atoms with Gasteiger partial charge in [-0.25, -0.2) is 0 Å². The van der Waals surface area contributed by atoms with Gasteiger partial charge >= 0.3 is 0 Å². The van der Waals surface area contributed by atoms with Crippen molar-refractivity contribution in [3.8, 4) is 0 Å². The van der Waals surface area contributed by atoms with Gasteiger partial charge in [-0.05, 0) is 32.9 Å². The highest BCUT2D eigenvalue weighted by Gasteiger charge is 2.07. The summed E-state index contributed by atoms with van der Waals surface area (Å²) in [4.78, 5) is 22.6. The molecule has 1 aromatic heterocycles. The van der Waals surface area contributed by atoms with Gasteiger partial charge in [0.1, 0.15) is 0 Å². The first-order valence-electron chi connectivity index (χ1n) is 4.29. The summed E-state index contributed by atoms with van der Waals surface area (Å²) in [5.74, 6) is -0.174. The highest BCUT2D eigenvalue weighted by Crippen LogP contribution is 1.98. The van der Waals surface area contributed by atoms with Crippen molar-refractivity contribution in [3.05, 3.63) is 33.7 Å². The number of carbonyl (C=O) groups excluding carboxylic acids is 1. The molecule has 0 aliphatic rings. The summed E-state index contributed by atoms with van der Waals surface area (Å²) < 4.78 is 1.59. The largest absolute Gasteiger partial charge is 0.313 e. The maximum Gasteiger partial charge on any atom is 0.261 e. The van der Waals surface area contributed by atoms with E-state index in [1.54, 1.807) is 16.7 Å². The second kappa shape index (κ2) is 3.56. The van der Waals surface area contributed by atoms with Crippen molar-refractivity contribution in [1.29, 1.82) is 0 Å². The first-order chi connectivity index (χ1) is 6.07. The van der Waals surface area contributed by atoms with Crippen molar-refractivity contribution in [2.24, 2.45) is 0 Å². The lowest BCUT2D eigenvalue weighted by molar-refractivity contribution is 0.101. The average molecular weight is 179 g/mol. The second-order valence-corrected chi connectivity index (χ2v) is 2.99. The van der Waals surface area contributed by atoms with E-state index in [0.29, 0.717) is 6.54 Å². The maximum absolute atomic E-state index is 11.6. The Morgan fingerprint density at radius 2 is 2.08 bits per heavy atom. The van der Waals surface area contributed by atoms with Crippen LogP contribution in [0.5, 0.6) is 0 Å². The second-order valence-electron chi connectivity index (χ2n) is 2.99. The van der Waals surface area contributed by atoms with Crippen LogP contribution in [0.25, 0.3) is 0 Å². The van der Waals surface area contributed by atoms with Crippen LogP contribution < -0.4 is 5.56 Å². The quantitative estimate of drug-likeness (QED) is 0.643. The Kier molecular flexibility index (Phi) is 2.66. The van der Waals surface area contributed by atoms with Crippen LogP contribution in [-0.2, 0) is 6.54 Å². The number of hydrogen-bond acceptors (Lipinski definition) is 2. The number of hydrogen-bond donors (Lipinski definition) is 0. The molecule has 0 bridgehead atoms. The molecule has 0 N–H and O–H groups in total. The molecule has 0 unspecified atom stereocenters. The first kappa shape index (κ1) is 9.71. The van der Waals surface area contributed by atoms with Crippen molar-refractivity contribution in [3.63, 3.8) is 0 Å². The van der Waals surface area contributed by atoms with Gasteiger partial charge in [0.15, 0.2) is 5.78 Å². The van der Waals surface area contributed by atoms with E-state index in [1.807, 2.05) is 13.8 Å². The average Bonchev–Trinajstić information content (AvgIpc) is 2.04. The van der Waals surface area contributed by atoms with Crippen molar-refractivity contribution in [2.45, 2.75) is 27.3 Å². The van der Waals surface area contributed by atoms with E-state index in [9.17, 15) is 9.59 Å². The first-order valence-corrected chi connectivity index (χ1v) is 4.29. The fourth-order valence-electron chi connectivity index (χ4n) is 1.33. The van der Waals surface area contributed by atoms with Gasteiger partial charge in [0, 0.05) is 12.2 Å². The lowest BCUT2D eigenvalue weighted by Gasteiger charge is -2.07. The summed E-state index contributed by atoms with van der Waals surface area (Å²) in [5, 5.41) is 0. The molecule has 0 spiro atoms. The molecule has 0 atom stereocenters. The minimum absolute atomic E-state index is 0.174. The molecular formula is C10H13NO2. The van der Waals surface area contributed by atoms with Crippen LogP contribution in [0.2, 0.25) is 0 Å². The van der Waals surface area contributed by atoms with E-state index in [1.165, 1.54) is 6.92 Å². The molecule has 1 rings (SSSR count). The zero-order valence-electron chi connectivity index (χ0n) is 8.13. The van der Waals surface area contributed by atoms with Crippen LogP contribution in [0.3, 0.4) is 0 Å². The van der Waals surface area contributed by atoms with E-state index in [2.05, 4.69) is 0 Å². The third-order valence-electron chi connectivity index (χ3n) is 2.09. The molecule has 0 saturated heterocycles. The van der Waals surface area contributed by atoms with Gasteiger partial charge in [0.05, 0.1) is 5.56 Å². The lowest BCUT2D eigenvalue weighted by Crippen LogP contribution is -2.26. The summed E-state index contributed by atoms with van der Waals surface area (Å²) in [6.07, 6.45) is 0. The van der Waals surface area contributed by atoms with Gasteiger partial charge in [-0.1, -0.05) is 0 Å². The Hall–Kier alpha value is -1.38. The van der Waals surface area contributed by atoms with Crippen LogP contribution in [0.4, 0.5) is 0 Å². The van der Waals surface area contributed by atoms with Crippen molar-refractivity contribution in [1.82, 2.24) is 4.57 Å². The summed E-state index contributed by atoms with van der Waals surface area (Å²) in [6.45, 7) is 5.75. The highest BCUT2D eigenvalue weighted by molar-refractivity contribution is 5.93. The van der Waals surface area contributed by atoms with Crippen molar-refractivity contribution < 1.29 is 4.79 Å². The van der Waals surface area contributed by atoms with Crippen molar-refractivity contribution >= 4 is 5.78 Å². The Morgan fingerprint density at radius 1 is 1.46 bits per heavy atom. The SMILES string of the molecule is CCn1c(C)ccc(C(C)=O)c1=O. The zero-order chi connectivity index (χ0) is 10.0. The van der Waals surface area contributed by atoms with Crippen LogP contribution in [0.1, 0.15) is 29.9 Å². The van der Waals surface area contributed by atoms with E-state index in [4.69, 9.17) is 0 Å². The molecule has 0 aromatic carbocycles. The summed E-state index contributed by atoms with van der Waals surface area (Å²) in [6, 6.07) is 3.38. The number of Topliss-reactive ketones (excluding diaryl/α,β-unsaturated/α-hetero) is 1. The molecule has 1 aromatic rings. The molecule has 3 nitrogen and oxygen atoms in total. The topological polar surface area (TPSA) is 39.1 Å². The van der Waals surface area contributed by atoms with Gasteiger partial charge in [-0.2, -0.15) is 0 Å². The molecule has 3 heteroatoms. The van der Waals surface area contributed by atoms with Gasteiger partial charge in [0.25, 0.3) is 5.56 Å². The summed E-state index contributed by atoms with van der Waals surface area (Å²) in [7, 11) is 0. The molecule has 70 valence electrons. The molecule has 0 amide bonds. The monoisotopic (exact) mass is 179 g/mol. The van der Waals surface area contributed by atoms with E-state index < -0.39 is 0 Å². The molecular weight excluding hydrogens is 166 g/mol. The highest BCUT2D eigenvalue weighted by atomic mass is 16.1. The number of rotatable bonds is 2. The van der Waals surface area contributed by atoms with Crippen molar-refractivity contribution in [2.75, 3.05) is 0 Å². The molecule has 0 radical (unpaired) electrons. The van der Waals surface area contributed by atoms with Crippen LogP contribution >= 0.6 is 0 Å². The number of aromatic nitrogens is 1. The number of aryl methyl sites for hydroxylation is 1. The Bertz CT molecular complexity index is 390. The predicted molar refractivity (Wildman–Crippen MR) is 51.1 cm³/mol. The lowest BCUT2D eigenvalue weighted by atomic mass is 10.2. The van der Waals surface area contributed by atoms with E-state index in [0.717, 1.165) is 5.69 Å². The minimum atomic E-state index is -0.185. The molecule has 0 saturated carbocycles. The molecule has 1 heterocycles. The van der Waals surface area contributed by atoms with Crippen LogP contribution in [-0.4, -0.2) is 10.4 Å². The maximum atomic E-state index is 11.6. The smallest absolute Gasteiger partial charge is 0.261 e. The summed E-state index contributed by atoms with van der Waals surface area (Å²) in [5.41, 5.74) is 0.972. The van der Waals surface area contributed by atoms with Gasteiger partial charge < -0.3 is 4.57 Å². The number of ketones is 1. The Balaban J connectivity index is 3.45. The zero-order valence-corrected chi connectivity index (χ0v) is 8.13. The predicted octanol–water partition coefficient (Wildman–Crippen LogP) is 1.38. The van der Waals surface area contributed by atoms with Gasteiger partial charge in [0.2, 0.25) is 0 Å². The van der Waals surface area contributed by atoms with Crippen LogP contribution in [0.15, 0.2) is 16.9 Å². The summed E-state index contributed by atoms with van der Waals surface area (Å²) >= 11 is 0. The van der Waals surface area contributed by atoms with E-state index in [-0.39, 0.29) is 16.9 Å². The Morgan fingerprint density at radius 3 is 2.54 bits per heavy atom. The standard InChI is InChI=1S/C10H13NO2/c1-4-11-7(2)5-6-9(8(3)12)10(11)13/h5-6H,4H2,1-3H3. The fourth-order valence-corrected chi connectivity index (χ4v) is 1.33. The van der Waals surface area contributed by atoms with Gasteiger partial charge in [-0.3, -0.25) is 9.59 Å². The number of carbonyl (C=O) groups is 1. The molecule has 0 fully saturated rings. The minimum Gasteiger partial charge on any atom is -0.313 e. The molecule has 13 heavy (non-hydrogen) atoms. The third-order valence-corrected chi connectivity index (χ3v) is 2.09. The number of nitrogens with zero attached hydrogens (tertiary/aromatic N) is 1. The fraction of sp³-hybridized carbons (Fsp3) is 0.400.